The third kappa shape index (κ3) is 1.97. The number of ketones is 1. The number of carbonyl (C=O) groups excluding carboxylic acids is 1. The lowest BCUT2D eigenvalue weighted by atomic mass is 9.83. The summed E-state index contributed by atoms with van der Waals surface area (Å²) in [5, 5.41) is 0. The van der Waals surface area contributed by atoms with Crippen molar-refractivity contribution < 1.29 is 4.79 Å². The Morgan fingerprint density at radius 2 is 1.86 bits per heavy atom. The molecule has 0 amide bonds. The molecule has 0 saturated heterocycles. The van der Waals surface area contributed by atoms with Gasteiger partial charge in [-0.1, -0.05) is 6.92 Å². The summed E-state index contributed by atoms with van der Waals surface area (Å²) in [6.45, 7) is 7.37. The first-order valence-electron chi connectivity index (χ1n) is 4.81. The van der Waals surface area contributed by atoms with E-state index in [4.69, 9.17) is 0 Å². The second kappa shape index (κ2) is 3.86. The van der Waals surface area contributed by atoms with Gasteiger partial charge >= 0.3 is 0 Å². The van der Waals surface area contributed by atoms with E-state index < -0.39 is 5.41 Å². The molecule has 14 heavy (non-hydrogen) atoms. The van der Waals surface area contributed by atoms with Crippen molar-refractivity contribution in [1.29, 1.82) is 0 Å². The topological polar surface area (TPSA) is 42.9 Å². The third-order valence-electron chi connectivity index (χ3n) is 2.62. The van der Waals surface area contributed by atoms with Crippen LogP contribution < -0.4 is 0 Å². The van der Waals surface area contributed by atoms with Crippen LogP contribution in [0, 0.1) is 0 Å². The molecule has 1 rings (SSSR count). The Balaban J connectivity index is 3.02. The van der Waals surface area contributed by atoms with Crippen molar-refractivity contribution in [1.82, 2.24) is 9.97 Å². The Morgan fingerprint density at radius 3 is 2.21 bits per heavy atom. The molecule has 1 aromatic rings. The molecule has 0 N–H and O–H groups in total. The first kappa shape index (κ1) is 10.8. The lowest BCUT2D eigenvalue weighted by Crippen LogP contribution is -2.26. The van der Waals surface area contributed by atoms with Crippen LogP contribution in [0.5, 0.6) is 0 Å². The largest absolute Gasteiger partial charge is 0.299 e. The fourth-order valence-electron chi connectivity index (χ4n) is 1.06. The normalized spacial score (nSPS) is 11.4. The highest BCUT2D eigenvalue weighted by Crippen LogP contribution is 2.22. The molecule has 0 spiro atoms. The molecule has 3 heteroatoms. The van der Waals surface area contributed by atoms with Gasteiger partial charge in [0.1, 0.15) is 11.6 Å². The summed E-state index contributed by atoms with van der Waals surface area (Å²) in [4.78, 5) is 19.7. The van der Waals surface area contributed by atoms with Crippen LogP contribution in [0.1, 0.15) is 39.1 Å². The lowest BCUT2D eigenvalue weighted by Gasteiger charge is -2.20. The molecule has 0 atom stereocenters. The van der Waals surface area contributed by atoms with Crippen LogP contribution in [-0.2, 0) is 16.6 Å². The summed E-state index contributed by atoms with van der Waals surface area (Å²) < 4.78 is 0. The molecular weight excluding hydrogens is 176 g/mol. The molecule has 0 unspecified atom stereocenters. The Kier molecular flexibility index (Phi) is 2.99. The smallest absolute Gasteiger partial charge is 0.139 e. The van der Waals surface area contributed by atoms with Gasteiger partial charge in [0.25, 0.3) is 0 Å². The van der Waals surface area contributed by atoms with E-state index in [1.807, 2.05) is 20.8 Å². The highest BCUT2D eigenvalue weighted by molar-refractivity contribution is 5.86. The van der Waals surface area contributed by atoms with Crippen molar-refractivity contribution in [3.63, 3.8) is 0 Å². The van der Waals surface area contributed by atoms with Gasteiger partial charge in [-0.3, -0.25) is 4.79 Å². The molecule has 3 nitrogen and oxygen atoms in total. The number of carbonyl (C=O) groups is 1. The Labute approximate surface area is 84.6 Å². The Bertz CT molecular complexity index is 328. The average Bonchev–Trinajstić information content (AvgIpc) is 2.17. The van der Waals surface area contributed by atoms with Crippen LogP contribution in [0.3, 0.4) is 0 Å². The van der Waals surface area contributed by atoms with Crippen LogP contribution in [0.25, 0.3) is 0 Å². The second-order valence-corrected chi connectivity index (χ2v) is 3.92. The maximum atomic E-state index is 11.4. The number of hydrogen-bond donors (Lipinski definition) is 0. The van der Waals surface area contributed by atoms with Crippen molar-refractivity contribution in [3.05, 3.63) is 23.8 Å². The zero-order valence-electron chi connectivity index (χ0n) is 9.16. The van der Waals surface area contributed by atoms with Gasteiger partial charge in [-0.2, -0.15) is 0 Å². The van der Waals surface area contributed by atoms with Crippen LogP contribution in [0.2, 0.25) is 0 Å². The molecule has 0 bridgehead atoms. The molecule has 0 radical (unpaired) electrons. The molecule has 0 aromatic carbocycles. The summed E-state index contributed by atoms with van der Waals surface area (Å²) in [6, 6.07) is 0. The van der Waals surface area contributed by atoms with Crippen LogP contribution in [-0.4, -0.2) is 15.8 Å². The standard InChI is InChI=1S/C11H16N2O/c1-5-10-12-6-9(7-13-10)11(3,4)8(2)14/h6-7H,5H2,1-4H3. The van der Waals surface area contributed by atoms with Gasteiger partial charge in [0.15, 0.2) is 0 Å². The number of hydrogen-bond acceptors (Lipinski definition) is 3. The highest BCUT2D eigenvalue weighted by Gasteiger charge is 2.26. The lowest BCUT2D eigenvalue weighted by molar-refractivity contribution is -0.121. The van der Waals surface area contributed by atoms with Crippen LogP contribution >= 0.6 is 0 Å². The molecular formula is C11H16N2O. The molecule has 1 aromatic heterocycles. The summed E-state index contributed by atoms with van der Waals surface area (Å²) in [5.41, 5.74) is 0.397. The van der Waals surface area contributed by atoms with E-state index in [2.05, 4.69) is 9.97 Å². The van der Waals surface area contributed by atoms with E-state index in [9.17, 15) is 4.79 Å². The van der Waals surface area contributed by atoms with E-state index in [1.54, 1.807) is 19.3 Å². The predicted octanol–water partition coefficient (Wildman–Crippen LogP) is 1.91. The van der Waals surface area contributed by atoms with Crippen LogP contribution in [0.15, 0.2) is 12.4 Å². The Hall–Kier alpha value is -1.25. The third-order valence-corrected chi connectivity index (χ3v) is 2.62. The van der Waals surface area contributed by atoms with Gasteiger partial charge in [0.05, 0.1) is 5.41 Å². The van der Waals surface area contributed by atoms with Crippen LogP contribution in [0.4, 0.5) is 0 Å². The average molecular weight is 192 g/mol. The first-order valence-corrected chi connectivity index (χ1v) is 4.81. The van der Waals surface area contributed by atoms with Gasteiger partial charge in [-0.25, -0.2) is 9.97 Å². The molecule has 0 fully saturated rings. The molecule has 0 aliphatic rings. The zero-order chi connectivity index (χ0) is 10.8. The fraction of sp³-hybridized carbons (Fsp3) is 0.545. The van der Waals surface area contributed by atoms with Crippen molar-refractivity contribution in [3.8, 4) is 0 Å². The minimum absolute atomic E-state index is 0.130. The van der Waals surface area contributed by atoms with Gasteiger partial charge in [0, 0.05) is 24.4 Å². The Morgan fingerprint density at radius 1 is 1.36 bits per heavy atom. The minimum atomic E-state index is -0.480. The van der Waals surface area contributed by atoms with E-state index >= 15 is 0 Å². The van der Waals surface area contributed by atoms with Crippen molar-refractivity contribution in [2.24, 2.45) is 0 Å². The minimum Gasteiger partial charge on any atom is -0.299 e. The zero-order valence-corrected chi connectivity index (χ0v) is 9.16. The molecule has 76 valence electrons. The van der Waals surface area contributed by atoms with E-state index in [-0.39, 0.29) is 5.78 Å². The number of aryl methyl sites for hydroxylation is 1. The molecule has 0 aliphatic heterocycles. The monoisotopic (exact) mass is 192 g/mol. The quantitative estimate of drug-likeness (QED) is 0.734. The summed E-state index contributed by atoms with van der Waals surface area (Å²) in [5.74, 6) is 0.943. The number of nitrogens with zero attached hydrogens (tertiary/aromatic N) is 2. The molecule has 0 saturated carbocycles. The maximum Gasteiger partial charge on any atom is 0.139 e. The van der Waals surface area contributed by atoms with Crippen molar-refractivity contribution in [2.75, 3.05) is 0 Å². The van der Waals surface area contributed by atoms with E-state index in [0.29, 0.717) is 0 Å². The van der Waals surface area contributed by atoms with Gasteiger partial charge < -0.3 is 0 Å². The van der Waals surface area contributed by atoms with Gasteiger partial charge in [-0.05, 0) is 20.8 Å². The van der Waals surface area contributed by atoms with Crippen molar-refractivity contribution in [2.45, 2.75) is 39.5 Å². The highest BCUT2D eigenvalue weighted by atomic mass is 16.1. The SMILES string of the molecule is CCc1ncc(C(C)(C)C(C)=O)cn1. The number of aromatic nitrogens is 2. The van der Waals surface area contributed by atoms with Gasteiger partial charge in [0.2, 0.25) is 0 Å². The van der Waals surface area contributed by atoms with E-state index in [0.717, 1.165) is 17.8 Å². The number of Topliss-reactive ketones (excluding diaryl/α,β-unsaturated/α-hetero) is 1. The summed E-state index contributed by atoms with van der Waals surface area (Å²) >= 11 is 0. The predicted molar refractivity (Wildman–Crippen MR) is 55.1 cm³/mol. The second-order valence-electron chi connectivity index (χ2n) is 3.92. The van der Waals surface area contributed by atoms with Gasteiger partial charge in [-0.15, -0.1) is 0 Å². The number of rotatable bonds is 3. The van der Waals surface area contributed by atoms with E-state index in [1.165, 1.54) is 0 Å². The maximum absolute atomic E-state index is 11.4. The summed E-state index contributed by atoms with van der Waals surface area (Å²) in [6.07, 6.45) is 4.31. The molecule has 1 heterocycles. The first-order chi connectivity index (χ1) is 6.48. The fourth-order valence-corrected chi connectivity index (χ4v) is 1.06. The summed E-state index contributed by atoms with van der Waals surface area (Å²) in [7, 11) is 0. The van der Waals surface area contributed by atoms with Crippen molar-refractivity contribution >= 4 is 5.78 Å². The molecule has 0 aliphatic carbocycles.